The number of halogens is 3. The third-order valence-electron chi connectivity index (χ3n) is 2.46. The van der Waals surface area contributed by atoms with Crippen molar-refractivity contribution in [3.63, 3.8) is 0 Å². The number of nitrogens with one attached hydrogen (secondary N) is 1. The zero-order valence-corrected chi connectivity index (χ0v) is 10.8. The zero-order chi connectivity index (χ0) is 15.0. The molecule has 0 saturated carbocycles. The first-order valence-electron chi connectivity index (χ1n) is 6.05. The predicted molar refractivity (Wildman–Crippen MR) is 69.0 cm³/mol. The molecule has 0 heterocycles. The Balaban J connectivity index is 2.43. The third kappa shape index (κ3) is 6.82. The molecule has 1 atom stereocenters. The Morgan fingerprint density at radius 2 is 2.00 bits per heavy atom. The van der Waals surface area contributed by atoms with Crippen LogP contribution in [0.25, 0.3) is 0 Å². The monoisotopic (exact) mass is 287 g/mol. The molecule has 0 radical (unpaired) electrons. The second-order valence-corrected chi connectivity index (χ2v) is 4.25. The maximum absolute atomic E-state index is 12.3. The van der Waals surface area contributed by atoms with Gasteiger partial charge in [0.25, 0.3) is 0 Å². The Morgan fingerprint density at radius 1 is 1.35 bits per heavy atom. The quantitative estimate of drug-likeness (QED) is 0.808. The van der Waals surface area contributed by atoms with Gasteiger partial charge in [0.05, 0.1) is 6.42 Å². The number of alkyl halides is 3. The number of hydrogen-bond donors (Lipinski definition) is 1. The van der Waals surface area contributed by atoms with E-state index >= 15 is 0 Å². The molecular formula is C14H16F3NO2. The summed E-state index contributed by atoms with van der Waals surface area (Å²) >= 11 is 0. The summed E-state index contributed by atoms with van der Waals surface area (Å²) in [4.78, 5) is 11.5. The van der Waals surface area contributed by atoms with Crippen molar-refractivity contribution < 1.29 is 22.7 Å². The van der Waals surface area contributed by atoms with Gasteiger partial charge in [-0.2, -0.15) is 13.2 Å². The van der Waals surface area contributed by atoms with E-state index in [0.717, 1.165) is 5.56 Å². The van der Waals surface area contributed by atoms with E-state index in [1.807, 2.05) is 6.07 Å². The van der Waals surface area contributed by atoms with E-state index in [1.165, 1.54) is 6.08 Å². The standard InChI is InChI=1S/C14H16F3NO2/c1-2-6-12(9-14(15,16)17)18-13(19)20-10-11-7-4-3-5-8-11/h2-5,7-8,12H,1,6,9-10H2,(H,18,19). The molecule has 1 aromatic rings. The van der Waals surface area contributed by atoms with Crippen LogP contribution in [0.1, 0.15) is 18.4 Å². The van der Waals surface area contributed by atoms with E-state index in [2.05, 4.69) is 11.9 Å². The summed E-state index contributed by atoms with van der Waals surface area (Å²) in [5, 5.41) is 2.19. The largest absolute Gasteiger partial charge is 0.445 e. The van der Waals surface area contributed by atoms with Crippen molar-refractivity contribution >= 4 is 6.09 Å². The van der Waals surface area contributed by atoms with Gasteiger partial charge in [0.15, 0.2) is 0 Å². The van der Waals surface area contributed by atoms with Gasteiger partial charge < -0.3 is 10.1 Å². The number of hydrogen-bond acceptors (Lipinski definition) is 2. The number of ether oxygens (including phenoxy) is 1. The van der Waals surface area contributed by atoms with Crippen molar-refractivity contribution in [1.29, 1.82) is 0 Å². The molecular weight excluding hydrogens is 271 g/mol. The molecule has 20 heavy (non-hydrogen) atoms. The predicted octanol–water partition coefficient (Wildman–Crippen LogP) is 3.81. The minimum Gasteiger partial charge on any atom is -0.445 e. The molecule has 1 aromatic carbocycles. The van der Waals surface area contributed by atoms with E-state index in [1.54, 1.807) is 24.3 Å². The van der Waals surface area contributed by atoms with Crippen molar-refractivity contribution in [3.8, 4) is 0 Å². The molecule has 1 rings (SSSR count). The Hall–Kier alpha value is -1.98. The minimum atomic E-state index is -4.35. The molecule has 0 saturated heterocycles. The fraction of sp³-hybridized carbons (Fsp3) is 0.357. The molecule has 0 aliphatic rings. The third-order valence-corrected chi connectivity index (χ3v) is 2.46. The molecule has 1 amide bonds. The van der Waals surface area contributed by atoms with Gasteiger partial charge in [-0.15, -0.1) is 6.58 Å². The van der Waals surface area contributed by atoms with Crippen LogP contribution in [0.15, 0.2) is 43.0 Å². The average molecular weight is 287 g/mol. The number of carbonyl (C=O) groups excluding carboxylic acids is 1. The number of alkyl carbamates (subject to hydrolysis) is 1. The molecule has 3 nitrogen and oxygen atoms in total. The first kappa shape index (κ1) is 16.1. The van der Waals surface area contributed by atoms with E-state index in [-0.39, 0.29) is 13.0 Å². The molecule has 0 bridgehead atoms. The highest BCUT2D eigenvalue weighted by atomic mass is 19.4. The molecule has 0 aliphatic carbocycles. The summed E-state index contributed by atoms with van der Waals surface area (Å²) in [6, 6.07) is 7.82. The van der Waals surface area contributed by atoms with E-state index in [9.17, 15) is 18.0 Å². The summed E-state index contributed by atoms with van der Waals surface area (Å²) < 4.78 is 41.8. The lowest BCUT2D eigenvalue weighted by atomic mass is 10.1. The Bertz CT molecular complexity index is 432. The SMILES string of the molecule is C=CCC(CC(F)(F)F)NC(=O)OCc1ccccc1. The Morgan fingerprint density at radius 3 is 2.55 bits per heavy atom. The summed E-state index contributed by atoms with van der Waals surface area (Å²) in [5.74, 6) is 0. The van der Waals surface area contributed by atoms with Crippen LogP contribution in [-0.2, 0) is 11.3 Å². The highest BCUT2D eigenvalue weighted by Gasteiger charge is 2.32. The lowest BCUT2D eigenvalue weighted by Crippen LogP contribution is -2.38. The van der Waals surface area contributed by atoms with Gasteiger partial charge in [0.2, 0.25) is 0 Å². The average Bonchev–Trinajstić information content (AvgIpc) is 2.36. The van der Waals surface area contributed by atoms with Crippen molar-refractivity contribution in [3.05, 3.63) is 48.6 Å². The molecule has 0 aliphatic heterocycles. The van der Waals surface area contributed by atoms with Crippen LogP contribution in [0.4, 0.5) is 18.0 Å². The van der Waals surface area contributed by atoms with Crippen LogP contribution in [0, 0.1) is 0 Å². The van der Waals surface area contributed by atoms with Gasteiger partial charge in [-0.1, -0.05) is 36.4 Å². The Kier molecular flexibility index (Phi) is 6.09. The summed E-state index contributed by atoms with van der Waals surface area (Å²) in [6.45, 7) is 3.39. The van der Waals surface area contributed by atoms with Gasteiger partial charge in [-0.25, -0.2) is 4.79 Å². The van der Waals surface area contributed by atoms with Gasteiger partial charge in [0.1, 0.15) is 6.61 Å². The molecule has 6 heteroatoms. The molecule has 1 N–H and O–H groups in total. The topological polar surface area (TPSA) is 38.3 Å². The maximum atomic E-state index is 12.3. The number of carbonyl (C=O) groups is 1. The van der Waals surface area contributed by atoms with Gasteiger partial charge >= 0.3 is 12.3 Å². The smallest absolute Gasteiger partial charge is 0.407 e. The molecule has 1 unspecified atom stereocenters. The fourth-order valence-electron chi connectivity index (χ4n) is 1.61. The number of amides is 1. The van der Waals surface area contributed by atoms with Crippen molar-refractivity contribution in [2.45, 2.75) is 31.7 Å². The molecule has 110 valence electrons. The summed E-state index contributed by atoms with van der Waals surface area (Å²) in [7, 11) is 0. The number of benzene rings is 1. The normalized spacial score (nSPS) is 12.6. The highest BCUT2D eigenvalue weighted by Crippen LogP contribution is 2.23. The first-order valence-corrected chi connectivity index (χ1v) is 6.05. The molecule has 0 aromatic heterocycles. The second-order valence-electron chi connectivity index (χ2n) is 4.25. The van der Waals surface area contributed by atoms with Crippen molar-refractivity contribution in [2.75, 3.05) is 0 Å². The van der Waals surface area contributed by atoms with Crippen molar-refractivity contribution in [1.82, 2.24) is 5.32 Å². The van der Waals surface area contributed by atoms with Gasteiger partial charge in [-0.05, 0) is 12.0 Å². The van der Waals surface area contributed by atoms with Crippen LogP contribution in [-0.4, -0.2) is 18.3 Å². The van der Waals surface area contributed by atoms with E-state index in [4.69, 9.17) is 4.74 Å². The minimum absolute atomic E-state index is 0.0134. The van der Waals surface area contributed by atoms with Crippen LogP contribution >= 0.6 is 0 Å². The summed E-state index contributed by atoms with van der Waals surface area (Å²) in [5.41, 5.74) is 0.763. The lowest BCUT2D eigenvalue weighted by molar-refractivity contribution is -0.139. The van der Waals surface area contributed by atoms with Crippen LogP contribution in [0.3, 0.4) is 0 Å². The summed E-state index contributed by atoms with van der Waals surface area (Å²) in [6.07, 6.45) is -4.97. The van der Waals surface area contributed by atoms with E-state index in [0.29, 0.717) is 0 Å². The highest BCUT2D eigenvalue weighted by molar-refractivity contribution is 5.67. The van der Waals surface area contributed by atoms with Crippen LogP contribution < -0.4 is 5.32 Å². The van der Waals surface area contributed by atoms with Gasteiger partial charge in [-0.3, -0.25) is 0 Å². The van der Waals surface area contributed by atoms with Gasteiger partial charge in [0, 0.05) is 6.04 Å². The Labute approximate surface area is 115 Å². The molecule has 0 fully saturated rings. The molecule has 0 spiro atoms. The van der Waals surface area contributed by atoms with Crippen LogP contribution in [0.5, 0.6) is 0 Å². The first-order chi connectivity index (χ1) is 9.40. The second kappa shape index (κ2) is 7.57. The van der Waals surface area contributed by atoms with E-state index < -0.39 is 24.7 Å². The zero-order valence-electron chi connectivity index (χ0n) is 10.8. The number of rotatable bonds is 6. The maximum Gasteiger partial charge on any atom is 0.407 e. The fourth-order valence-corrected chi connectivity index (χ4v) is 1.61. The van der Waals surface area contributed by atoms with Crippen LogP contribution in [0.2, 0.25) is 0 Å². The van der Waals surface area contributed by atoms with Crippen molar-refractivity contribution in [2.24, 2.45) is 0 Å². The lowest BCUT2D eigenvalue weighted by Gasteiger charge is -2.18.